The predicted octanol–water partition coefficient (Wildman–Crippen LogP) is 3.67. The van der Waals surface area contributed by atoms with Crippen LogP contribution < -0.4 is 0 Å². The third-order valence-electron chi connectivity index (χ3n) is 3.47. The van der Waals surface area contributed by atoms with Crippen LogP contribution in [-0.2, 0) is 4.74 Å². The summed E-state index contributed by atoms with van der Waals surface area (Å²) in [5.74, 6) is 0.564. The molecular formula is C15H20O3. The Morgan fingerprint density at radius 2 is 2.06 bits per heavy atom. The maximum Gasteiger partial charge on any atom is 0.140 e. The third kappa shape index (κ3) is 2.28. The van der Waals surface area contributed by atoms with Crippen LogP contribution in [-0.4, -0.2) is 17.3 Å². The molecule has 98 valence electrons. The summed E-state index contributed by atoms with van der Waals surface area (Å²) >= 11 is 0. The van der Waals surface area contributed by atoms with Crippen molar-refractivity contribution in [2.24, 2.45) is 0 Å². The molecule has 0 saturated carbocycles. The smallest absolute Gasteiger partial charge is 0.140 e. The zero-order valence-corrected chi connectivity index (χ0v) is 11.1. The second kappa shape index (κ2) is 5.12. The van der Waals surface area contributed by atoms with E-state index in [-0.39, 0.29) is 0 Å². The van der Waals surface area contributed by atoms with Crippen molar-refractivity contribution in [3.8, 4) is 0 Å². The van der Waals surface area contributed by atoms with Crippen LogP contribution in [0.4, 0.5) is 0 Å². The molecule has 0 amide bonds. The molecule has 0 fully saturated rings. The first-order valence-electron chi connectivity index (χ1n) is 6.41. The molecule has 0 aliphatic carbocycles. The van der Waals surface area contributed by atoms with Crippen LogP contribution in [0.3, 0.4) is 0 Å². The van der Waals surface area contributed by atoms with Crippen LogP contribution in [0.1, 0.15) is 39.1 Å². The highest BCUT2D eigenvalue weighted by atomic mass is 16.5. The molecule has 1 heterocycles. The molecule has 1 aromatic carbocycles. The van der Waals surface area contributed by atoms with Crippen LogP contribution in [0, 0.1) is 0 Å². The van der Waals surface area contributed by atoms with Crippen molar-refractivity contribution in [1.82, 2.24) is 0 Å². The zero-order chi connectivity index (χ0) is 13.2. The Kier molecular flexibility index (Phi) is 3.73. The Morgan fingerprint density at radius 3 is 2.67 bits per heavy atom. The van der Waals surface area contributed by atoms with Gasteiger partial charge in [0.1, 0.15) is 17.4 Å². The summed E-state index contributed by atoms with van der Waals surface area (Å²) in [5.41, 5.74) is 0.185. The number of hydrogen-bond acceptors (Lipinski definition) is 3. The highest BCUT2D eigenvalue weighted by molar-refractivity contribution is 5.77. The second-order valence-corrected chi connectivity index (χ2v) is 4.69. The topological polar surface area (TPSA) is 42.6 Å². The van der Waals surface area contributed by atoms with Gasteiger partial charge in [0, 0.05) is 12.0 Å². The fraction of sp³-hybridized carbons (Fsp3) is 0.467. The third-order valence-corrected chi connectivity index (χ3v) is 3.47. The molecule has 0 aliphatic heterocycles. The standard InChI is InChI=1S/C15H20O3/c1-4-15(3,17-5-2)14(16)13-10-11-8-6-7-9-12(11)18-13/h6-10,14,16H,4-5H2,1-3H3. The van der Waals surface area contributed by atoms with E-state index in [0.717, 1.165) is 17.4 Å². The molecule has 1 aromatic heterocycles. The number of fused-ring (bicyclic) bond motifs is 1. The van der Waals surface area contributed by atoms with Crippen molar-refractivity contribution >= 4 is 11.0 Å². The molecular weight excluding hydrogens is 228 g/mol. The van der Waals surface area contributed by atoms with E-state index < -0.39 is 11.7 Å². The van der Waals surface area contributed by atoms with E-state index in [1.54, 1.807) is 0 Å². The number of aliphatic hydroxyl groups is 1. The second-order valence-electron chi connectivity index (χ2n) is 4.69. The lowest BCUT2D eigenvalue weighted by molar-refractivity contribution is -0.119. The average Bonchev–Trinajstić information content (AvgIpc) is 2.81. The maximum absolute atomic E-state index is 10.5. The SMILES string of the molecule is CCOC(C)(CC)C(O)c1cc2ccccc2o1. The summed E-state index contributed by atoms with van der Waals surface area (Å²) in [7, 11) is 0. The number of benzene rings is 1. The van der Waals surface area contributed by atoms with Gasteiger partial charge >= 0.3 is 0 Å². The van der Waals surface area contributed by atoms with E-state index >= 15 is 0 Å². The summed E-state index contributed by atoms with van der Waals surface area (Å²) in [6.45, 7) is 6.41. The van der Waals surface area contributed by atoms with E-state index in [4.69, 9.17) is 9.15 Å². The fourth-order valence-corrected chi connectivity index (χ4v) is 2.14. The van der Waals surface area contributed by atoms with E-state index in [9.17, 15) is 5.11 Å². The van der Waals surface area contributed by atoms with Gasteiger partial charge in [0.15, 0.2) is 0 Å². The van der Waals surface area contributed by atoms with Crippen LogP contribution in [0.5, 0.6) is 0 Å². The van der Waals surface area contributed by atoms with Gasteiger partial charge in [0.05, 0.1) is 5.60 Å². The lowest BCUT2D eigenvalue weighted by Crippen LogP contribution is -2.35. The molecule has 0 aliphatic rings. The van der Waals surface area contributed by atoms with Gasteiger partial charge < -0.3 is 14.3 Å². The molecule has 18 heavy (non-hydrogen) atoms. The number of aliphatic hydroxyl groups excluding tert-OH is 1. The van der Waals surface area contributed by atoms with Gasteiger partial charge in [-0.25, -0.2) is 0 Å². The highest BCUT2D eigenvalue weighted by Gasteiger charge is 2.35. The molecule has 0 spiro atoms. The number of hydrogen-bond donors (Lipinski definition) is 1. The molecule has 2 rings (SSSR count). The molecule has 1 N–H and O–H groups in total. The summed E-state index contributed by atoms with van der Waals surface area (Å²) in [6.07, 6.45) is -0.0335. The predicted molar refractivity (Wildman–Crippen MR) is 71.5 cm³/mol. The molecule has 2 atom stereocenters. The zero-order valence-electron chi connectivity index (χ0n) is 11.1. The van der Waals surface area contributed by atoms with Gasteiger partial charge in [-0.1, -0.05) is 25.1 Å². The maximum atomic E-state index is 10.5. The molecule has 0 bridgehead atoms. The minimum Gasteiger partial charge on any atom is -0.458 e. The highest BCUT2D eigenvalue weighted by Crippen LogP contribution is 2.34. The van der Waals surface area contributed by atoms with E-state index in [2.05, 4.69) is 0 Å². The Hall–Kier alpha value is -1.32. The first-order valence-corrected chi connectivity index (χ1v) is 6.41. The fourth-order valence-electron chi connectivity index (χ4n) is 2.14. The van der Waals surface area contributed by atoms with Crippen molar-refractivity contribution in [3.63, 3.8) is 0 Å². The van der Waals surface area contributed by atoms with Gasteiger partial charge in [-0.05, 0) is 32.4 Å². The first-order chi connectivity index (χ1) is 8.60. The monoisotopic (exact) mass is 248 g/mol. The van der Waals surface area contributed by atoms with Gasteiger partial charge in [-0.3, -0.25) is 0 Å². The van der Waals surface area contributed by atoms with Crippen molar-refractivity contribution in [3.05, 3.63) is 36.1 Å². The van der Waals surface area contributed by atoms with Crippen LogP contribution in [0.2, 0.25) is 0 Å². The lowest BCUT2D eigenvalue weighted by Gasteiger charge is -2.32. The van der Waals surface area contributed by atoms with Crippen LogP contribution >= 0.6 is 0 Å². The van der Waals surface area contributed by atoms with Crippen molar-refractivity contribution in [1.29, 1.82) is 0 Å². The molecule has 0 saturated heterocycles. The number of furan rings is 1. The molecule has 2 aromatic rings. The minimum absolute atomic E-state index is 0.564. The molecule has 2 unspecified atom stereocenters. The van der Waals surface area contributed by atoms with Crippen LogP contribution in [0.15, 0.2) is 34.7 Å². The summed E-state index contributed by atoms with van der Waals surface area (Å²) in [6, 6.07) is 9.63. The van der Waals surface area contributed by atoms with E-state index in [0.29, 0.717) is 12.4 Å². The lowest BCUT2D eigenvalue weighted by atomic mass is 9.93. The summed E-state index contributed by atoms with van der Waals surface area (Å²) in [5, 5.41) is 11.5. The summed E-state index contributed by atoms with van der Waals surface area (Å²) < 4.78 is 11.4. The Morgan fingerprint density at radius 1 is 1.33 bits per heavy atom. The molecule has 3 nitrogen and oxygen atoms in total. The minimum atomic E-state index is -0.755. The quantitative estimate of drug-likeness (QED) is 0.877. The Labute approximate surface area is 107 Å². The van der Waals surface area contributed by atoms with Crippen molar-refractivity contribution in [2.45, 2.75) is 38.9 Å². The molecule has 0 radical (unpaired) electrons. The van der Waals surface area contributed by atoms with Crippen molar-refractivity contribution < 1.29 is 14.3 Å². The molecule has 3 heteroatoms. The van der Waals surface area contributed by atoms with Gasteiger partial charge in [-0.2, -0.15) is 0 Å². The van der Waals surface area contributed by atoms with Gasteiger partial charge in [-0.15, -0.1) is 0 Å². The number of rotatable bonds is 5. The van der Waals surface area contributed by atoms with Gasteiger partial charge in [0.25, 0.3) is 0 Å². The first kappa shape index (κ1) is 13.1. The average molecular weight is 248 g/mol. The van der Waals surface area contributed by atoms with Crippen molar-refractivity contribution in [2.75, 3.05) is 6.61 Å². The van der Waals surface area contributed by atoms with Gasteiger partial charge in [0.2, 0.25) is 0 Å². The number of ether oxygens (including phenoxy) is 1. The Bertz CT molecular complexity index is 484. The van der Waals surface area contributed by atoms with E-state index in [1.807, 2.05) is 51.1 Å². The Balaban J connectivity index is 2.34. The number of para-hydroxylation sites is 1. The van der Waals surface area contributed by atoms with Crippen LogP contribution in [0.25, 0.3) is 11.0 Å². The summed E-state index contributed by atoms with van der Waals surface area (Å²) in [4.78, 5) is 0. The largest absolute Gasteiger partial charge is 0.458 e. The normalized spacial score (nSPS) is 16.7. The van der Waals surface area contributed by atoms with E-state index in [1.165, 1.54) is 0 Å².